The van der Waals surface area contributed by atoms with Gasteiger partial charge >= 0.3 is 0 Å². The highest BCUT2D eigenvalue weighted by Crippen LogP contribution is 2.25. The van der Waals surface area contributed by atoms with Crippen LogP contribution >= 0.6 is 12.2 Å². The molecular formula is C11H20N2OS. The highest BCUT2D eigenvalue weighted by atomic mass is 32.1. The fourth-order valence-electron chi connectivity index (χ4n) is 2.03. The number of amides is 1. The van der Waals surface area contributed by atoms with E-state index < -0.39 is 0 Å². The second-order valence-electron chi connectivity index (χ2n) is 4.61. The van der Waals surface area contributed by atoms with Crippen molar-refractivity contribution in [2.75, 3.05) is 0 Å². The summed E-state index contributed by atoms with van der Waals surface area (Å²) in [6, 6.07) is -0.159. The first kappa shape index (κ1) is 12.4. The van der Waals surface area contributed by atoms with E-state index in [0.717, 1.165) is 25.7 Å². The molecule has 0 bridgehead atoms. The minimum absolute atomic E-state index is 0.124. The van der Waals surface area contributed by atoms with E-state index in [1.165, 1.54) is 0 Å². The number of carbonyl (C=O) groups excluding carboxylic acids is 1. The quantitative estimate of drug-likeness (QED) is 0.719. The maximum absolute atomic E-state index is 11.8. The van der Waals surface area contributed by atoms with Crippen molar-refractivity contribution in [3.63, 3.8) is 0 Å². The Morgan fingerprint density at radius 2 is 1.93 bits per heavy atom. The van der Waals surface area contributed by atoms with Crippen LogP contribution in [0.5, 0.6) is 0 Å². The molecule has 1 atom stereocenters. The predicted molar refractivity (Wildman–Crippen MR) is 65.5 cm³/mol. The summed E-state index contributed by atoms with van der Waals surface area (Å²) in [5, 5.41) is 2.95. The van der Waals surface area contributed by atoms with Crippen molar-refractivity contribution in [2.24, 2.45) is 17.6 Å². The number of hydrogen-bond donors (Lipinski definition) is 2. The Bertz CT molecular complexity index is 247. The lowest BCUT2D eigenvalue weighted by Gasteiger charge is -2.22. The monoisotopic (exact) mass is 228 g/mol. The molecule has 0 spiro atoms. The lowest BCUT2D eigenvalue weighted by Crippen LogP contribution is -2.48. The smallest absolute Gasteiger partial charge is 0.223 e. The summed E-state index contributed by atoms with van der Waals surface area (Å²) >= 11 is 4.95. The molecule has 0 aliphatic heterocycles. The van der Waals surface area contributed by atoms with Crippen molar-refractivity contribution in [2.45, 2.75) is 45.6 Å². The van der Waals surface area contributed by atoms with E-state index >= 15 is 0 Å². The standard InChI is InChI=1S/C11H20N2OS/c1-7(2)9(10(12)15)13-11(14)8-5-3-4-6-8/h7-9H,3-6H2,1-2H3,(H2,12,15)(H,13,14). The average molecular weight is 228 g/mol. The molecule has 0 radical (unpaired) electrons. The molecule has 3 N–H and O–H groups in total. The normalized spacial score (nSPS) is 19.1. The third-order valence-electron chi connectivity index (χ3n) is 3.00. The van der Waals surface area contributed by atoms with Gasteiger partial charge in [-0.05, 0) is 18.8 Å². The van der Waals surface area contributed by atoms with Crippen molar-refractivity contribution < 1.29 is 4.79 Å². The van der Waals surface area contributed by atoms with Crippen LogP contribution < -0.4 is 11.1 Å². The molecule has 1 rings (SSSR count). The maximum atomic E-state index is 11.8. The Balaban J connectivity index is 2.50. The average Bonchev–Trinajstić information content (AvgIpc) is 2.65. The SMILES string of the molecule is CC(C)C(NC(=O)C1CCCC1)C(N)=S. The number of carbonyl (C=O) groups is 1. The first-order valence-corrected chi connectivity index (χ1v) is 6.03. The van der Waals surface area contributed by atoms with Crippen LogP contribution in [0.2, 0.25) is 0 Å². The molecule has 1 fully saturated rings. The molecule has 1 amide bonds. The zero-order valence-corrected chi connectivity index (χ0v) is 10.3. The molecule has 1 aliphatic carbocycles. The molecule has 1 unspecified atom stereocenters. The van der Waals surface area contributed by atoms with Gasteiger partial charge in [0, 0.05) is 5.92 Å². The number of nitrogens with two attached hydrogens (primary N) is 1. The first-order chi connectivity index (χ1) is 7.02. The van der Waals surface area contributed by atoms with E-state index in [-0.39, 0.29) is 23.8 Å². The molecule has 4 heteroatoms. The fourth-order valence-corrected chi connectivity index (χ4v) is 2.36. The van der Waals surface area contributed by atoms with Crippen molar-refractivity contribution >= 4 is 23.1 Å². The number of thiocarbonyl (C=S) groups is 1. The second kappa shape index (κ2) is 5.45. The van der Waals surface area contributed by atoms with Crippen molar-refractivity contribution in [3.8, 4) is 0 Å². The van der Waals surface area contributed by atoms with Gasteiger partial charge in [-0.1, -0.05) is 38.9 Å². The van der Waals surface area contributed by atoms with Gasteiger partial charge in [-0.15, -0.1) is 0 Å². The fraction of sp³-hybridized carbons (Fsp3) is 0.818. The van der Waals surface area contributed by atoms with Crippen molar-refractivity contribution in [1.29, 1.82) is 0 Å². The highest BCUT2D eigenvalue weighted by Gasteiger charge is 2.26. The third-order valence-corrected chi connectivity index (χ3v) is 3.25. The number of nitrogens with one attached hydrogen (secondary N) is 1. The van der Waals surface area contributed by atoms with Crippen LogP contribution in [0.1, 0.15) is 39.5 Å². The lowest BCUT2D eigenvalue weighted by molar-refractivity contribution is -0.125. The first-order valence-electron chi connectivity index (χ1n) is 5.62. The molecule has 0 saturated heterocycles. The van der Waals surface area contributed by atoms with E-state index in [9.17, 15) is 4.79 Å². The molecule has 1 aliphatic rings. The topological polar surface area (TPSA) is 55.1 Å². The van der Waals surface area contributed by atoms with Gasteiger partial charge in [0.1, 0.15) is 0 Å². The molecule has 3 nitrogen and oxygen atoms in total. The van der Waals surface area contributed by atoms with Crippen molar-refractivity contribution in [1.82, 2.24) is 5.32 Å². The Labute approximate surface area is 96.8 Å². The molecule has 86 valence electrons. The van der Waals surface area contributed by atoms with Gasteiger partial charge in [0.15, 0.2) is 0 Å². The van der Waals surface area contributed by atoms with Crippen LogP contribution in [0.25, 0.3) is 0 Å². The molecule has 0 heterocycles. The van der Waals surface area contributed by atoms with Crippen LogP contribution in [0, 0.1) is 11.8 Å². The Kier molecular flexibility index (Phi) is 4.51. The van der Waals surface area contributed by atoms with E-state index in [4.69, 9.17) is 18.0 Å². The van der Waals surface area contributed by atoms with Gasteiger partial charge in [0.05, 0.1) is 11.0 Å². The maximum Gasteiger partial charge on any atom is 0.223 e. The predicted octanol–water partition coefficient (Wildman–Crippen LogP) is 1.60. The van der Waals surface area contributed by atoms with Crippen LogP contribution in [0.4, 0.5) is 0 Å². The molecule has 0 aromatic heterocycles. The van der Waals surface area contributed by atoms with Gasteiger partial charge in [-0.2, -0.15) is 0 Å². The third kappa shape index (κ3) is 3.45. The molecule has 15 heavy (non-hydrogen) atoms. The van der Waals surface area contributed by atoms with Crippen LogP contribution in [0.3, 0.4) is 0 Å². The summed E-state index contributed by atoms with van der Waals surface area (Å²) in [6.07, 6.45) is 4.34. The zero-order valence-electron chi connectivity index (χ0n) is 9.45. The number of rotatable bonds is 4. The molecule has 1 saturated carbocycles. The van der Waals surface area contributed by atoms with Crippen LogP contribution in [0.15, 0.2) is 0 Å². The van der Waals surface area contributed by atoms with Gasteiger partial charge in [-0.25, -0.2) is 0 Å². The summed E-state index contributed by atoms with van der Waals surface area (Å²) < 4.78 is 0. The summed E-state index contributed by atoms with van der Waals surface area (Å²) in [5.74, 6) is 0.562. The van der Waals surface area contributed by atoms with Gasteiger partial charge < -0.3 is 11.1 Å². The molecule has 0 aromatic rings. The summed E-state index contributed by atoms with van der Waals surface area (Å²) in [4.78, 5) is 12.2. The zero-order chi connectivity index (χ0) is 11.4. The van der Waals surface area contributed by atoms with Gasteiger partial charge in [0.25, 0.3) is 0 Å². The molecule has 0 aromatic carbocycles. The number of hydrogen-bond acceptors (Lipinski definition) is 2. The van der Waals surface area contributed by atoms with E-state index in [2.05, 4.69) is 5.32 Å². The van der Waals surface area contributed by atoms with E-state index in [1.54, 1.807) is 0 Å². The van der Waals surface area contributed by atoms with Gasteiger partial charge in [0.2, 0.25) is 5.91 Å². The van der Waals surface area contributed by atoms with Crippen LogP contribution in [-0.2, 0) is 4.79 Å². The summed E-state index contributed by atoms with van der Waals surface area (Å²) in [7, 11) is 0. The van der Waals surface area contributed by atoms with Crippen molar-refractivity contribution in [3.05, 3.63) is 0 Å². The van der Waals surface area contributed by atoms with E-state index in [1.807, 2.05) is 13.8 Å². The van der Waals surface area contributed by atoms with Crippen LogP contribution in [-0.4, -0.2) is 16.9 Å². The Morgan fingerprint density at radius 3 is 2.33 bits per heavy atom. The highest BCUT2D eigenvalue weighted by molar-refractivity contribution is 7.80. The summed E-state index contributed by atoms with van der Waals surface area (Å²) in [6.45, 7) is 4.03. The Hall–Kier alpha value is -0.640. The van der Waals surface area contributed by atoms with Gasteiger partial charge in [-0.3, -0.25) is 4.79 Å². The second-order valence-corrected chi connectivity index (χ2v) is 5.09. The molecular weight excluding hydrogens is 208 g/mol. The van der Waals surface area contributed by atoms with E-state index in [0.29, 0.717) is 4.99 Å². The lowest BCUT2D eigenvalue weighted by atomic mass is 10.0. The summed E-state index contributed by atoms with van der Waals surface area (Å²) in [5.41, 5.74) is 5.60. The minimum atomic E-state index is -0.159. The minimum Gasteiger partial charge on any atom is -0.392 e. The largest absolute Gasteiger partial charge is 0.392 e. The Morgan fingerprint density at radius 1 is 1.40 bits per heavy atom.